The Bertz CT molecular complexity index is 744. The Labute approximate surface area is 157 Å². The summed E-state index contributed by atoms with van der Waals surface area (Å²) in [6.07, 6.45) is 4.11. The quantitative estimate of drug-likeness (QED) is 0.400. The number of hydrazine groups is 1. The predicted molar refractivity (Wildman–Crippen MR) is 113 cm³/mol. The second kappa shape index (κ2) is 10.5. The lowest BCUT2D eigenvalue weighted by Crippen LogP contribution is -2.37. The van der Waals surface area contributed by atoms with Gasteiger partial charge in [-0.2, -0.15) is 0 Å². The maximum Gasteiger partial charge on any atom is 0.136 e. The van der Waals surface area contributed by atoms with Crippen LogP contribution in [0.1, 0.15) is 53.2 Å². The van der Waals surface area contributed by atoms with E-state index in [0.29, 0.717) is 11.6 Å². The number of hydrogen-bond acceptors (Lipinski definition) is 4. The number of rotatable bonds is 3. The van der Waals surface area contributed by atoms with Crippen LogP contribution in [0.25, 0.3) is 5.65 Å². The van der Waals surface area contributed by atoms with Crippen LogP contribution in [0.3, 0.4) is 0 Å². The first kappa shape index (κ1) is 21.5. The van der Waals surface area contributed by atoms with Gasteiger partial charge in [-0.3, -0.25) is 0 Å². The minimum absolute atomic E-state index is 0.259. The third-order valence-electron chi connectivity index (χ3n) is 3.75. The van der Waals surface area contributed by atoms with Gasteiger partial charge in [0.25, 0.3) is 0 Å². The Morgan fingerprint density at radius 1 is 0.962 bits per heavy atom. The number of hydrogen-bond donors (Lipinski definition) is 2. The molecule has 0 saturated carbocycles. The highest BCUT2D eigenvalue weighted by molar-refractivity contribution is 5.66. The van der Waals surface area contributed by atoms with Crippen molar-refractivity contribution in [3.8, 4) is 0 Å². The van der Waals surface area contributed by atoms with Crippen LogP contribution in [-0.2, 0) is 0 Å². The highest BCUT2D eigenvalue weighted by atomic mass is 15.4. The highest BCUT2D eigenvalue weighted by Gasteiger charge is 2.07. The molecule has 1 aromatic carbocycles. The zero-order valence-corrected chi connectivity index (χ0v) is 16.8. The molecule has 2 heterocycles. The van der Waals surface area contributed by atoms with Crippen molar-refractivity contribution in [3.05, 3.63) is 60.6 Å². The van der Waals surface area contributed by atoms with Gasteiger partial charge in [-0.05, 0) is 44.0 Å². The van der Waals surface area contributed by atoms with Gasteiger partial charge in [-0.25, -0.2) is 10.8 Å². The molecule has 0 amide bonds. The van der Waals surface area contributed by atoms with Gasteiger partial charge in [0.1, 0.15) is 5.65 Å². The molecule has 0 saturated heterocycles. The van der Waals surface area contributed by atoms with E-state index in [2.05, 4.69) is 29.4 Å². The van der Waals surface area contributed by atoms with Crippen molar-refractivity contribution in [2.75, 3.05) is 10.7 Å². The standard InChI is InChI=1S/C10H12N2.C9H15N3.C2H6/c1-8(2)9-7-12-6-4-3-5-10(12)11-9;1-7(2)12(11)9-6-4-3-5-8(9)10;1-2/h3-8H,1-2H3;3-7H,10-11H2,1-2H3;1-2H3. The van der Waals surface area contributed by atoms with Gasteiger partial charge in [-0.15, -0.1) is 0 Å². The van der Waals surface area contributed by atoms with E-state index in [-0.39, 0.29) is 6.04 Å². The van der Waals surface area contributed by atoms with Gasteiger partial charge >= 0.3 is 0 Å². The van der Waals surface area contributed by atoms with Gasteiger partial charge < -0.3 is 15.1 Å². The van der Waals surface area contributed by atoms with E-state index in [1.807, 2.05) is 76.4 Å². The molecule has 0 bridgehead atoms. The number of imidazole rings is 1. The zero-order chi connectivity index (χ0) is 19.7. The fraction of sp³-hybridized carbons (Fsp3) is 0.381. The number of pyridine rings is 1. The molecule has 0 aliphatic rings. The highest BCUT2D eigenvalue weighted by Crippen LogP contribution is 2.21. The zero-order valence-electron chi connectivity index (χ0n) is 16.8. The molecule has 3 rings (SSSR count). The van der Waals surface area contributed by atoms with Crippen LogP contribution in [0.2, 0.25) is 0 Å². The Kier molecular flexibility index (Phi) is 8.65. The molecule has 5 nitrogen and oxygen atoms in total. The molecule has 26 heavy (non-hydrogen) atoms. The van der Waals surface area contributed by atoms with Crippen molar-refractivity contribution in [1.29, 1.82) is 0 Å². The number of nitrogen functional groups attached to an aromatic ring is 1. The number of para-hydroxylation sites is 2. The monoisotopic (exact) mass is 355 g/mol. The number of fused-ring (bicyclic) bond motifs is 1. The van der Waals surface area contributed by atoms with Crippen molar-refractivity contribution in [2.24, 2.45) is 5.84 Å². The lowest BCUT2D eigenvalue weighted by atomic mass is 10.2. The summed E-state index contributed by atoms with van der Waals surface area (Å²) in [7, 11) is 0. The van der Waals surface area contributed by atoms with Gasteiger partial charge in [0.2, 0.25) is 0 Å². The first-order chi connectivity index (χ1) is 12.4. The largest absolute Gasteiger partial charge is 0.397 e. The fourth-order valence-electron chi connectivity index (χ4n) is 2.23. The van der Waals surface area contributed by atoms with Crippen molar-refractivity contribution in [1.82, 2.24) is 9.38 Å². The molecule has 0 aliphatic heterocycles. The Morgan fingerprint density at radius 2 is 1.58 bits per heavy atom. The summed E-state index contributed by atoms with van der Waals surface area (Å²) in [5.74, 6) is 6.30. The topological polar surface area (TPSA) is 72.6 Å². The Balaban J connectivity index is 0.000000238. The van der Waals surface area contributed by atoms with Crippen LogP contribution >= 0.6 is 0 Å². The molecule has 142 valence electrons. The molecule has 0 atom stereocenters. The van der Waals surface area contributed by atoms with Gasteiger partial charge in [0.15, 0.2) is 0 Å². The van der Waals surface area contributed by atoms with E-state index >= 15 is 0 Å². The van der Waals surface area contributed by atoms with E-state index in [9.17, 15) is 0 Å². The van der Waals surface area contributed by atoms with E-state index in [1.54, 1.807) is 5.01 Å². The lowest BCUT2D eigenvalue weighted by Gasteiger charge is -2.24. The summed E-state index contributed by atoms with van der Waals surface area (Å²) in [6.45, 7) is 12.3. The molecule has 0 spiro atoms. The smallest absolute Gasteiger partial charge is 0.136 e. The summed E-state index contributed by atoms with van der Waals surface area (Å²) in [5, 5.41) is 1.66. The minimum atomic E-state index is 0.259. The summed E-state index contributed by atoms with van der Waals surface area (Å²) >= 11 is 0. The molecular formula is C21H33N5. The fourth-order valence-corrected chi connectivity index (χ4v) is 2.23. The van der Waals surface area contributed by atoms with E-state index in [4.69, 9.17) is 11.6 Å². The van der Waals surface area contributed by atoms with Gasteiger partial charge in [0.05, 0.1) is 17.1 Å². The number of benzene rings is 1. The average Bonchev–Trinajstić information content (AvgIpc) is 3.08. The second-order valence-electron chi connectivity index (χ2n) is 6.35. The van der Waals surface area contributed by atoms with Gasteiger partial charge in [-0.1, -0.05) is 45.9 Å². The number of nitrogens with zero attached hydrogens (tertiary/aromatic N) is 3. The van der Waals surface area contributed by atoms with E-state index in [1.165, 1.54) is 0 Å². The van der Waals surface area contributed by atoms with Crippen LogP contribution in [0, 0.1) is 0 Å². The summed E-state index contributed by atoms with van der Waals surface area (Å²) < 4.78 is 2.05. The third-order valence-corrected chi connectivity index (χ3v) is 3.75. The lowest BCUT2D eigenvalue weighted by molar-refractivity contribution is 0.712. The van der Waals surface area contributed by atoms with Crippen molar-refractivity contribution in [3.63, 3.8) is 0 Å². The average molecular weight is 356 g/mol. The van der Waals surface area contributed by atoms with Crippen LogP contribution in [0.5, 0.6) is 0 Å². The predicted octanol–water partition coefficient (Wildman–Crippen LogP) is 4.84. The first-order valence-electron chi connectivity index (χ1n) is 9.22. The van der Waals surface area contributed by atoms with E-state index < -0.39 is 0 Å². The maximum absolute atomic E-state index is 5.79. The van der Waals surface area contributed by atoms with Crippen LogP contribution in [0.4, 0.5) is 11.4 Å². The van der Waals surface area contributed by atoms with E-state index in [0.717, 1.165) is 17.0 Å². The normalized spacial score (nSPS) is 10.2. The molecule has 2 aromatic heterocycles. The molecular weight excluding hydrogens is 322 g/mol. The molecule has 3 aromatic rings. The summed E-state index contributed by atoms with van der Waals surface area (Å²) in [4.78, 5) is 4.48. The Morgan fingerprint density at radius 3 is 2.12 bits per heavy atom. The number of anilines is 2. The number of nitrogens with two attached hydrogens (primary N) is 2. The van der Waals surface area contributed by atoms with Crippen LogP contribution in [0.15, 0.2) is 54.9 Å². The SMILES string of the molecule is CC.CC(C)N(N)c1ccccc1N.CC(C)c1cn2ccccc2n1. The van der Waals surface area contributed by atoms with Crippen molar-refractivity contribution >= 4 is 17.0 Å². The molecule has 0 aliphatic carbocycles. The molecule has 5 heteroatoms. The molecule has 0 radical (unpaired) electrons. The van der Waals surface area contributed by atoms with Crippen LogP contribution < -0.4 is 16.6 Å². The minimum Gasteiger partial charge on any atom is -0.397 e. The van der Waals surface area contributed by atoms with Crippen LogP contribution in [-0.4, -0.2) is 15.4 Å². The molecule has 4 N–H and O–H groups in total. The van der Waals surface area contributed by atoms with Crippen molar-refractivity contribution in [2.45, 2.75) is 53.5 Å². The summed E-state index contributed by atoms with van der Waals surface area (Å²) in [6, 6.07) is 13.9. The number of aromatic nitrogens is 2. The summed E-state index contributed by atoms with van der Waals surface area (Å²) in [5.41, 5.74) is 9.52. The van der Waals surface area contributed by atoms with Crippen molar-refractivity contribution < 1.29 is 0 Å². The Hall–Kier alpha value is -2.53. The van der Waals surface area contributed by atoms with Gasteiger partial charge in [0, 0.05) is 18.4 Å². The first-order valence-corrected chi connectivity index (χ1v) is 9.22. The maximum atomic E-state index is 5.79. The molecule has 0 unspecified atom stereocenters. The third kappa shape index (κ3) is 5.77. The second-order valence-corrected chi connectivity index (χ2v) is 6.35. The molecule has 0 fully saturated rings.